The molecule has 0 radical (unpaired) electrons. The summed E-state index contributed by atoms with van der Waals surface area (Å²) in [6.07, 6.45) is -0.438. The number of fused-ring (bicyclic) bond motifs is 1. The summed E-state index contributed by atoms with van der Waals surface area (Å²) < 4.78 is 1.54. The maximum atomic E-state index is 13.1. The van der Waals surface area contributed by atoms with Gasteiger partial charge in [-0.3, -0.25) is 14.5 Å². The van der Waals surface area contributed by atoms with E-state index in [0.29, 0.717) is 22.9 Å². The van der Waals surface area contributed by atoms with Crippen molar-refractivity contribution in [1.82, 2.24) is 20.2 Å². The van der Waals surface area contributed by atoms with Gasteiger partial charge < -0.3 is 37.3 Å². The monoisotopic (exact) mass is 579 g/mol. The number of nitrogens with two attached hydrogens (primary N) is 3. The number of carbonyl (C=O) groups is 3. The molecule has 202 valence electrons. The summed E-state index contributed by atoms with van der Waals surface area (Å²) in [7, 11) is 0. The van der Waals surface area contributed by atoms with Crippen LogP contribution in [0.5, 0.6) is 0 Å². The number of amides is 2. The fraction of sp³-hybridized carbons (Fsp3) is 0.381. The lowest BCUT2D eigenvalue weighted by Gasteiger charge is -2.45. The molecule has 4 heterocycles. The van der Waals surface area contributed by atoms with Gasteiger partial charge in [-0.1, -0.05) is 10.1 Å². The van der Waals surface area contributed by atoms with Crippen molar-refractivity contribution in [1.29, 1.82) is 0 Å². The Morgan fingerprint density at radius 1 is 1.39 bits per heavy atom. The van der Waals surface area contributed by atoms with Crippen molar-refractivity contribution in [2.45, 2.75) is 37.0 Å². The molecule has 2 aromatic rings. The first-order valence-electron chi connectivity index (χ1n) is 11.3. The summed E-state index contributed by atoms with van der Waals surface area (Å²) in [5.74, 6) is -1.31. The first-order valence-corrected chi connectivity index (χ1v) is 14.2. The van der Waals surface area contributed by atoms with Gasteiger partial charge >= 0.3 is 5.16 Å². The number of hydrogen-bond acceptors (Lipinski definition) is 14. The van der Waals surface area contributed by atoms with Gasteiger partial charge in [0.15, 0.2) is 17.0 Å². The van der Waals surface area contributed by atoms with Crippen molar-refractivity contribution in [3.63, 3.8) is 0 Å². The number of oxime groups is 1. The molecule has 2 unspecified atom stereocenters. The van der Waals surface area contributed by atoms with Crippen molar-refractivity contribution in [3.05, 3.63) is 28.4 Å². The molecular weight excluding hydrogens is 554 g/mol. The third-order valence-electron chi connectivity index (χ3n) is 5.50. The zero-order chi connectivity index (χ0) is 27.6. The van der Waals surface area contributed by atoms with E-state index in [9.17, 15) is 19.5 Å². The number of hydrogen-bond donors (Lipinski definition) is 4. The molecule has 2 aliphatic heterocycles. The fourth-order valence-corrected chi connectivity index (χ4v) is 6.86. The van der Waals surface area contributed by atoms with Gasteiger partial charge in [-0.05, 0) is 31.2 Å². The number of thioether (sulfide) groups is 2. The minimum absolute atomic E-state index is 0.0693. The van der Waals surface area contributed by atoms with Crippen LogP contribution in [0.2, 0.25) is 0 Å². The summed E-state index contributed by atoms with van der Waals surface area (Å²) in [6.45, 7) is 3.64. The molecule has 0 aromatic carbocycles. The predicted molar refractivity (Wildman–Crippen MR) is 141 cm³/mol. The molecule has 0 spiro atoms. The maximum absolute atomic E-state index is 13.1. The fourth-order valence-electron chi connectivity index (χ4n) is 3.80. The first kappa shape index (κ1) is 27.5. The molecule has 0 saturated carbocycles. The molecule has 0 bridgehead atoms. The highest BCUT2D eigenvalue weighted by Gasteiger charge is 2.43. The van der Waals surface area contributed by atoms with Crippen molar-refractivity contribution in [2.75, 3.05) is 35.3 Å². The number of nitrogens with one attached hydrogen (secondary N) is 1. The molecule has 1 fully saturated rings. The van der Waals surface area contributed by atoms with Crippen LogP contribution in [0.25, 0.3) is 0 Å². The minimum Gasteiger partial charge on any atom is -0.543 e. The molecule has 2 amide bonds. The third-order valence-corrected chi connectivity index (χ3v) is 8.49. The summed E-state index contributed by atoms with van der Waals surface area (Å²) >= 11 is 3.81. The highest BCUT2D eigenvalue weighted by Crippen LogP contribution is 2.40. The Hall–Kier alpha value is -3.57. The van der Waals surface area contributed by atoms with E-state index in [1.807, 2.05) is 0 Å². The molecule has 14 nitrogen and oxygen atoms in total. The SMILES string of the molecule is CCO/N=C(\C(=O)NC(C)[n+]1c(N)cc(N)nc1SCC1=C(C(=O)[O-])N2C(=O)CC2SC1)c1csc(N)n1. The Balaban J connectivity index is 1.58. The van der Waals surface area contributed by atoms with Gasteiger partial charge in [-0.2, -0.15) is 0 Å². The van der Waals surface area contributed by atoms with Crippen molar-refractivity contribution < 1.29 is 28.9 Å². The number of β-lactam (4-membered cyclic amide) rings is 1. The van der Waals surface area contributed by atoms with E-state index in [-0.39, 0.29) is 57.5 Å². The normalized spacial score (nSPS) is 18.1. The second-order valence-corrected chi connectivity index (χ2v) is 11.1. The lowest BCUT2D eigenvalue weighted by Crippen LogP contribution is -2.56. The van der Waals surface area contributed by atoms with Crippen LogP contribution in [0.4, 0.5) is 16.8 Å². The van der Waals surface area contributed by atoms with Crippen LogP contribution in [0.3, 0.4) is 0 Å². The zero-order valence-corrected chi connectivity index (χ0v) is 22.8. The lowest BCUT2D eigenvalue weighted by molar-refractivity contribution is -0.747. The number of nitrogens with zero attached hydrogens (tertiary/aromatic N) is 5. The standard InChI is InChI=1S/C21H25N9O5S3/c1-3-35-28-16(11-8-37-20(24)26-11)18(32)25-9(2)29-13(23)4-12(22)27-21(29)38-7-10-6-36-15-5-14(31)30(15)17(10)19(33)34/h4,8-9,15H,3,5-7H2,1-2H3,(H7,22,23,24,25,26,32,33,34)/b28-16-. The minimum atomic E-state index is -1.41. The highest BCUT2D eigenvalue weighted by atomic mass is 32.2. The summed E-state index contributed by atoms with van der Waals surface area (Å²) in [5, 5.41) is 20.5. The molecule has 2 aromatic heterocycles. The molecular formula is C21H25N9O5S3. The van der Waals surface area contributed by atoms with Gasteiger partial charge in [-0.25, -0.2) is 9.55 Å². The quantitative estimate of drug-likeness (QED) is 0.0668. The number of aliphatic carboxylic acids is 1. The van der Waals surface area contributed by atoms with Crippen LogP contribution in [-0.4, -0.2) is 61.8 Å². The van der Waals surface area contributed by atoms with E-state index >= 15 is 0 Å². The number of carbonyl (C=O) groups excluding carboxylic acids is 3. The largest absolute Gasteiger partial charge is 0.543 e. The van der Waals surface area contributed by atoms with Crippen LogP contribution in [0.1, 0.15) is 32.1 Å². The number of thiazole rings is 1. The zero-order valence-electron chi connectivity index (χ0n) is 20.4. The number of anilines is 3. The Morgan fingerprint density at radius 2 is 2.16 bits per heavy atom. The second kappa shape index (κ2) is 11.4. The Labute approximate surface area is 229 Å². The smallest absolute Gasteiger partial charge is 0.302 e. The Kier molecular flexibility index (Phi) is 8.27. The summed E-state index contributed by atoms with van der Waals surface area (Å²) in [6, 6.07) is 1.44. The molecule has 17 heteroatoms. The molecule has 4 rings (SSSR count). The molecule has 2 aliphatic rings. The Morgan fingerprint density at radius 3 is 2.79 bits per heavy atom. The van der Waals surface area contributed by atoms with Crippen molar-refractivity contribution in [3.8, 4) is 0 Å². The number of carboxylic acids is 1. The van der Waals surface area contributed by atoms with Crippen LogP contribution >= 0.6 is 34.9 Å². The maximum Gasteiger partial charge on any atom is 0.302 e. The second-order valence-electron chi connectivity index (χ2n) is 8.10. The van der Waals surface area contributed by atoms with Gasteiger partial charge in [0, 0.05) is 16.9 Å². The van der Waals surface area contributed by atoms with Gasteiger partial charge in [0.05, 0.1) is 29.5 Å². The molecule has 1 saturated heterocycles. The number of aromatic nitrogens is 3. The van der Waals surface area contributed by atoms with Gasteiger partial charge in [0.25, 0.3) is 5.91 Å². The average molecular weight is 580 g/mol. The van der Waals surface area contributed by atoms with Crippen LogP contribution in [0.15, 0.2) is 33.0 Å². The summed E-state index contributed by atoms with van der Waals surface area (Å²) in [4.78, 5) is 51.8. The van der Waals surface area contributed by atoms with Crippen molar-refractivity contribution in [2.24, 2.45) is 5.16 Å². The Bertz CT molecular complexity index is 1350. The van der Waals surface area contributed by atoms with Gasteiger partial charge in [-0.15, -0.1) is 23.1 Å². The molecule has 7 N–H and O–H groups in total. The van der Waals surface area contributed by atoms with E-state index < -0.39 is 18.0 Å². The molecule has 0 aliphatic carbocycles. The topological polar surface area (TPSA) is 219 Å². The number of rotatable bonds is 10. The summed E-state index contributed by atoms with van der Waals surface area (Å²) in [5.41, 5.74) is 18.5. The van der Waals surface area contributed by atoms with Gasteiger partial charge in [0.1, 0.15) is 12.3 Å². The molecule has 2 atom stereocenters. The first-order chi connectivity index (χ1) is 18.1. The molecule has 38 heavy (non-hydrogen) atoms. The highest BCUT2D eigenvalue weighted by molar-refractivity contribution is 8.00. The van der Waals surface area contributed by atoms with E-state index in [4.69, 9.17) is 22.0 Å². The van der Waals surface area contributed by atoms with Crippen LogP contribution in [-0.2, 0) is 19.2 Å². The van der Waals surface area contributed by atoms with E-state index in [0.717, 1.165) is 11.3 Å². The number of carboxylic acid groups (broad SMARTS) is 1. The van der Waals surface area contributed by atoms with Gasteiger partial charge in [0.2, 0.25) is 17.5 Å². The average Bonchev–Trinajstić information content (AvgIpc) is 3.27. The predicted octanol–water partition coefficient (Wildman–Crippen LogP) is -0.951. The van der Waals surface area contributed by atoms with E-state index in [1.54, 1.807) is 23.8 Å². The number of nitrogen functional groups attached to an aromatic ring is 3. The third kappa shape index (κ3) is 5.63. The van der Waals surface area contributed by atoms with E-state index in [2.05, 4.69) is 20.4 Å². The van der Waals surface area contributed by atoms with E-state index in [1.165, 1.54) is 34.5 Å². The lowest BCUT2D eigenvalue weighted by atomic mass is 10.1. The van der Waals surface area contributed by atoms with Crippen LogP contribution in [0, 0.1) is 0 Å². The van der Waals surface area contributed by atoms with Crippen LogP contribution < -0.4 is 32.2 Å². The van der Waals surface area contributed by atoms with Crippen molar-refractivity contribution >= 4 is 75.1 Å².